The fraction of sp³-hybridized carbons (Fsp3) is 0.308. The van der Waals surface area contributed by atoms with Gasteiger partial charge >= 0.3 is 5.69 Å². The number of hydrogen-bond donors (Lipinski definition) is 2. The van der Waals surface area contributed by atoms with Crippen LogP contribution in [0.15, 0.2) is 47.4 Å². The molecule has 0 radical (unpaired) electrons. The second-order valence-corrected chi connectivity index (χ2v) is 8.49. The Hall–Kier alpha value is -3.74. The van der Waals surface area contributed by atoms with Crippen molar-refractivity contribution in [3.8, 4) is 11.4 Å². The van der Waals surface area contributed by atoms with Crippen molar-refractivity contribution in [1.29, 1.82) is 0 Å². The van der Waals surface area contributed by atoms with Gasteiger partial charge in [0.15, 0.2) is 11.5 Å². The van der Waals surface area contributed by atoms with E-state index in [0.717, 1.165) is 34.2 Å². The first-order valence-electron chi connectivity index (χ1n) is 11.3. The van der Waals surface area contributed by atoms with Gasteiger partial charge in [-0.15, -0.1) is 0 Å². The van der Waals surface area contributed by atoms with Gasteiger partial charge in [0.2, 0.25) is 5.91 Å². The zero-order valence-corrected chi connectivity index (χ0v) is 19.5. The molecule has 0 aliphatic heterocycles. The second kappa shape index (κ2) is 9.02. The molecule has 4 aromatic rings. The number of imidazole rings is 1. The van der Waals surface area contributed by atoms with E-state index in [9.17, 15) is 9.59 Å². The monoisotopic (exact) mass is 443 g/mol. The molecule has 0 aliphatic rings. The number of carbonyl (C=O) groups is 1. The molecule has 0 atom stereocenters. The number of rotatable bonds is 7. The first kappa shape index (κ1) is 22.5. The van der Waals surface area contributed by atoms with Crippen LogP contribution in [0.4, 0.5) is 0 Å². The SMILES string of the molecule is CCc1c(Cn2c(=O)[nH]c3cnc(-c4ccccc4C(C)C)nc32)ccc(C(N)=O)c1CC. The van der Waals surface area contributed by atoms with E-state index in [1.165, 1.54) is 0 Å². The zero-order valence-electron chi connectivity index (χ0n) is 19.5. The van der Waals surface area contributed by atoms with Gasteiger partial charge in [-0.3, -0.25) is 9.36 Å². The van der Waals surface area contributed by atoms with Gasteiger partial charge in [-0.2, -0.15) is 0 Å². The van der Waals surface area contributed by atoms with Gasteiger partial charge in [0.05, 0.1) is 12.7 Å². The summed E-state index contributed by atoms with van der Waals surface area (Å²) >= 11 is 0. The Labute approximate surface area is 192 Å². The molecule has 2 heterocycles. The van der Waals surface area contributed by atoms with Gasteiger partial charge in [-0.1, -0.05) is 58.0 Å². The van der Waals surface area contributed by atoms with Crippen LogP contribution < -0.4 is 11.4 Å². The molecule has 0 unspecified atom stereocenters. The number of nitrogens with two attached hydrogens (primary N) is 1. The molecule has 170 valence electrons. The molecule has 2 aromatic heterocycles. The maximum atomic E-state index is 12.9. The minimum Gasteiger partial charge on any atom is -0.366 e. The fourth-order valence-corrected chi connectivity index (χ4v) is 4.56. The van der Waals surface area contributed by atoms with Crippen LogP contribution in [-0.4, -0.2) is 25.4 Å². The molecule has 0 fully saturated rings. The average molecular weight is 444 g/mol. The van der Waals surface area contributed by atoms with E-state index in [1.807, 2.05) is 38.1 Å². The normalized spacial score (nSPS) is 11.4. The zero-order chi connectivity index (χ0) is 23.7. The number of fused-ring (bicyclic) bond motifs is 1. The molecule has 0 saturated carbocycles. The standard InChI is InChI=1S/C26H29N5O2/c1-5-17-16(11-12-20(23(27)32)18(17)6-2)14-31-25-22(29-26(31)33)13-28-24(30-25)21-10-8-7-9-19(21)15(3)4/h7-13,15H,5-6,14H2,1-4H3,(H2,27,32)(H,29,33). The lowest BCUT2D eigenvalue weighted by atomic mass is 9.92. The topological polar surface area (TPSA) is 107 Å². The summed E-state index contributed by atoms with van der Waals surface area (Å²) in [4.78, 5) is 37.0. The van der Waals surface area contributed by atoms with Crippen molar-refractivity contribution in [2.24, 2.45) is 5.73 Å². The van der Waals surface area contributed by atoms with Crippen LogP contribution in [-0.2, 0) is 19.4 Å². The minimum atomic E-state index is -0.432. The van der Waals surface area contributed by atoms with Gasteiger partial charge in [-0.05, 0) is 47.1 Å². The summed E-state index contributed by atoms with van der Waals surface area (Å²) in [6.07, 6.45) is 3.09. The predicted molar refractivity (Wildman–Crippen MR) is 130 cm³/mol. The van der Waals surface area contributed by atoms with Crippen molar-refractivity contribution in [2.75, 3.05) is 0 Å². The van der Waals surface area contributed by atoms with Crippen molar-refractivity contribution < 1.29 is 4.79 Å². The summed E-state index contributed by atoms with van der Waals surface area (Å²) in [7, 11) is 0. The van der Waals surface area contributed by atoms with E-state index < -0.39 is 5.91 Å². The molecule has 4 rings (SSSR count). The van der Waals surface area contributed by atoms with E-state index >= 15 is 0 Å². The summed E-state index contributed by atoms with van der Waals surface area (Å²) in [6.45, 7) is 8.67. The highest BCUT2D eigenvalue weighted by atomic mass is 16.1. The molecule has 2 aromatic carbocycles. The molecule has 0 bridgehead atoms. The van der Waals surface area contributed by atoms with Crippen LogP contribution >= 0.6 is 0 Å². The molecule has 0 spiro atoms. The lowest BCUT2D eigenvalue weighted by molar-refractivity contribution is 0.0999. The Balaban J connectivity index is 1.85. The predicted octanol–water partition coefficient (Wildman–Crippen LogP) is 4.18. The van der Waals surface area contributed by atoms with Gasteiger partial charge in [0.25, 0.3) is 0 Å². The highest BCUT2D eigenvalue weighted by molar-refractivity contribution is 5.94. The molecule has 3 N–H and O–H groups in total. The molecule has 7 heteroatoms. The maximum absolute atomic E-state index is 12.9. The van der Waals surface area contributed by atoms with Crippen LogP contribution in [0.25, 0.3) is 22.6 Å². The summed E-state index contributed by atoms with van der Waals surface area (Å²) in [5.74, 6) is 0.476. The first-order valence-corrected chi connectivity index (χ1v) is 11.3. The quantitative estimate of drug-likeness (QED) is 0.447. The molecule has 1 amide bonds. The Morgan fingerprint density at radius 1 is 1.09 bits per heavy atom. The van der Waals surface area contributed by atoms with Crippen molar-refractivity contribution in [3.63, 3.8) is 0 Å². The number of primary amides is 1. The number of H-pyrrole nitrogens is 1. The Morgan fingerprint density at radius 2 is 1.82 bits per heavy atom. The Kier molecular flexibility index (Phi) is 6.14. The molecule has 7 nitrogen and oxygen atoms in total. The van der Waals surface area contributed by atoms with Gasteiger partial charge < -0.3 is 10.7 Å². The summed E-state index contributed by atoms with van der Waals surface area (Å²) in [6, 6.07) is 11.7. The highest BCUT2D eigenvalue weighted by Crippen LogP contribution is 2.28. The lowest BCUT2D eigenvalue weighted by Gasteiger charge is -2.16. The third-order valence-corrected chi connectivity index (χ3v) is 6.16. The molecular weight excluding hydrogens is 414 g/mol. The first-order chi connectivity index (χ1) is 15.8. The summed E-state index contributed by atoms with van der Waals surface area (Å²) in [5, 5.41) is 0. The van der Waals surface area contributed by atoms with Crippen LogP contribution in [0.2, 0.25) is 0 Å². The number of nitrogens with zero attached hydrogens (tertiary/aromatic N) is 3. The number of amides is 1. The lowest BCUT2D eigenvalue weighted by Crippen LogP contribution is -2.20. The van der Waals surface area contributed by atoms with Crippen LogP contribution in [0.1, 0.15) is 66.2 Å². The van der Waals surface area contributed by atoms with Crippen LogP contribution in [0.3, 0.4) is 0 Å². The summed E-state index contributed by atoms with van der Waals surface area (Å²) in [5.41, 5.74) is 12.1. The van der Waals surface area contributed by atoms with E-state index in [0.29, 0.717) is 41.4 Å². The van der Waals surface area contributed by atoms with Gasteiger partial charge in [-0.25, -0.2) is 14.8 Å². The van der Waals surface area contributed by atoms with E-state index in [2.05, 4.69) is 29.9 Å². The fourth-order valence-electron chi connectivity index (χ4n) is 4.56. The van der Waals surface area contributed by atoms with Crippen LogP contribution in [0.5, 0.6) is 0 Å². The molecule has 0 aliphatic carbocycles. The van der Waals surface area contributed by atoms with E-state index in [4.69, 9.17) is 10.7 Å². The minimum absolute atomic E-state index is 0.243. The van der Waals surface area contributed by atoms with Crippen molar-refractivity contribution in [3.05, 3.63) is 80.9 Å². The molecule has 33 heavy (non-hydrogen) atoms. The van der Waals surface area contributed by atoms with Gasteiger partial charge in [0.1, 0.15) is 5.52 Å². The number of nitrogens with one attached hydrogen (secondary N) is 1. The maximum Gasteiger partial charge on any atom is 0.328 e. The van der Waals surface area contributed by atoms with Crippen LogP contribution in [0, 0.1) is 0 Å². The van der Waals surface area contributed by atoms with Gasteiger partial charge in [0, 0.05) is 11.1 Å². The Morgan fingerprint density at radius 3 is 2.48 bits per heavy atom. The number of hydrogen-bond acceptors (Lipinski definition) is 4. The number of aromatic amines is 1. The molecule has 0 saturated heterocycles. The van der Waals surface area contributed by atoms with Crippen molar-refractivity contribution >= 4 is 17.1 Å². The largest absolute Gasteiger partial charge is 0.366 e. The highest BCUT2D eigenvalue weighted by Gasteiger charge is 2.18. The summed E-state index contributed by atoms with van der Waals surface area (Å²) < 4.78 is 1.64. The van der Waals surface area contributed by atoms with E-state index in [1.54, 1.807) is 16.8 Å². The second-order valence-electron chi connectivity index (χ2n) is 8.49. The van der Waals surface area contributed by atoms with E-state index in [-0.39, 0.29) is 5.69 Å². The molecular formula is C26H29N5O2. The number of carbonyl (C=O) groups excluding carboxylic acids is 1. The number of aromatic nitrogens is 4. The Bertz CT molecular complexity index is 1400. The van der Waals surface area contributed by atoms with Crippen molar-refractivity contribution in [1.82, 2.24) is 19.5 Å². The third kappa shape index (κ3) is 4.06. The third-order valence-electron chi connectivity index (χ3n) is 6.16. The smallest absolute Gasteiger partial charge is 0.328 e. The average Bonchev–Trinajstić information content (AvgIpc) is 3.12. The number of benzene rings is 2. The van der Waals surface area contributed by atoms with Crippen molar-refractivity contribution in [2.45, 2.75) is 53.0 Å².